The van der Waals surface area contributed by atoms with E-state index in [1.807, 2.05) is 0 Å². The minimum atomic E-state index is -4.48. The molecule has 0 unspecified atom stereocenters. The molecule has 19 heavy (non-hydrogen) atoms. The zero-order valence-corrected chi connectivity index (χ0v) is 10.7. The molecule has 0 amide bonds. The monoisotopic (exact) mass is 296 g/mol. The Kier molecular flexibility index (Phi) is 4.82. The predicted molar refractivity (Wildman–Crippen MR) is 65.5 cm³/mol. The van der Waals surface area contributed by atoms with Gasteiger partial charge in [-0.15, -0.1) is 0 Å². The summed E-state index contributed by atoms with van der Waals surface area (Å²) < 4.78 is 37.3. The largest absolute Gasteiger partial charge is 0.417 e. The average molecular weight is 297 g/mol. The molecular weight excluding hydrogens is 285 g/mol. The third kappa shape index (κ3) is 4.16. The maximum atomic E-state index is 12.4. The van der Waals surface area contributed by atoms with Gasteiger partial charge in [-0.2, -0.15) is 13.2 Å². The molecule has 0 aromatic carbocycles. The molecule has 0 atom stereocenters. The number of aromatic nitrogens is 1. The third-order valence-electron chi connectivity index (χ3n) is 2.34. The minimum absolute atomic E-state index is 0.00915. The quantitative estimate of drug-likeness (QED) is 0.387. The molecule has 0 saturated heterocycles. The number of nitrogens with two attached hydrogens (primary N) is 1. The predicted octanol–water partition coefficient (Wildman–Crippen LogP) is 2.33. The van der Waals surface area contributed by atoms with Crippen LogP contribution in [0.4, 0.5) is 19.0 Å². The van der Waals surface area contributed by atoms with Crippen LogP contribution in [0.1, 0.15) is 12.0 Å². The first-order valence-electron chi connectivity index (χ1n) is 5.16. The number of hydrogen-bond donors (Lipinski definition) is 2. The fourth-order valence-electron chi connectivity index (χ4n) is 1.30. The van der Waals surface area contributed by atoms with Gasteiger partial charge >= 0.3 is 6.18 Å². The zero-order valence-electron chi connectivity index (χ0n) is 9.95. The van der Waals surface area contributed by atoms with Gasteiger partial charge in [-0.25, -0.2) is 4.98 Å². The minimum Gasteiger partial charge on any atom is -0.409 e. The van der Waals surface area contributed by atoms with Crippen LogP contribution in [0.3, 0.4) is 0 Å². The van der Waals surface area contributed by atoms with E-state index in [2.05, 4.69) is 10.1 Å². The molecule has 1 aromatic rings. The van der Waals surface area contributed by atoms with Crippen molar-refractivity contribution in [2.24, 2.45) is 10.9 Å². The number of alkyl halides is 3. The Morgan fingerprint density at radius 3 is 2.68 bits per heavy atom. The summed E-state index contributed by atoms with van der Waals surface area (Å²) in [4.78, 5) is 5.19. The van der Waals surface area contributed by atoms with Crippen LogP contribution in [0.2, 0.25) is 5.02 Å². The molecule has 0 aliphatic carbocycles. The summed E-state index contributed by atoms with van der Waals surface area (Å²) in [5.74, 6) is 0.204. The normalized spacial score (nSPS) is 12.6. The summed E-state index contributed by atoms with van der Waals surface area (Å²) in [6.07, 6.45) is -3.55. The summed E-state index contributed by atoms with van der Waals surface area (Å²) in [5.41, 5.74) is 4.38. The van der Waals surface area contributed by atoms with Gasteiger partial charge in [-0.1, -0.05) is 16.8 Å². The number of halogens is 4. The van der Waals surface area contributed by atoms with Crippen molar-refractivity contribution in [1.82, 2.24) is 4.98 Å². The van der Waals surface area contributed by atoms with E-state index in [0.717, 1.165) is 6.07 Å². The standard InChI is InChI=1S/C10H12ClF3N4O/c1-18(3-2-8(15)17-19)9-7(11)4-6(5-16-9)10(12,13)14/h4-5,19H,2-3H2,1H3,(H2,15,17). The van der Waals surface area contributed by atoms with E-state index in [9.17, 15) is 13.2 Å². The lowest BCUT2D eigenvalue weighted by molar-refractivity contribution is -0.137. The Balaban J connectivity index is 2.85. The van der Waals surface area contributed by atoms with Gasteiger partial charge < -0.3 is 15.8 Å². The third-order valence-corrected chi connectivity index (χ3v) is 2.62. The van der Waals surface area contributed by atoms with Gasteiger partial charge in [0.15, 0.2) is 0 Å². The van der Waals surface area contributed by atoms with E-state index in [0.29, 0.717) is 12.7 Å². The van der Waals surface area contributed by atoms with Gasteiger partial charge in [0.2, 0.25) is 0 Å². The number of anilines is 1. The van der Waals surface area contributed by atoms with Crippen LogP contribution < -0.4 is 10.6 Å². The highest BCUT2D eigenvalue weighted by molar-refractivity contribution is 6.33. The number of rotatable bonds is 4. The highest BCUT2D eigenvalue weighted by Crippen LogP contribution is 2.33. The lowest BCUT2D eigenvalue weighted by atomic mass is 10.2. The van der Waals surface area contributed by atoms with Crippen molar-refractivity contribution < 1.29 is 18.4 Å². The van der Waals surface area contributed by atoms with Crippen LogP contribution >= 0.6 is 11.6 Å². The molecule has 0 aliphatic heterocycles. The van der Waals surface area contributed by atoms with Crippen molar-refractivity contribution in [3.8, 4) is 0 Å². The Morgan fingerprint density at radius 2 is 2.21 bits per heavy atom. The van der Waals surface area contributed by atoms with Gasteiger partial charge in [0.1, 0.15) is 11.7 Å². The molecule has 0 fully saturated rings. The van der Waals surface area contributed by atoms with Crippen LogP contribution in [0.25, 0.3) is 0 Å². The molecule has 0 bridgehead atoms. The molecule has 0 aliphatic rings. The zero-order chi connectivity index (χ0) is 14.6. The molecule has 1 rings (SSSR count). The SMILES string of the molecule is CN(CC/C(N)=N/O)c1ncc(C(F)(F)F)cc1Cl. The van der Waals surface area contributed by atoms with Crippen LogP contribution in [0, 0.1) is 0 Å². The van der Waals surface area contributed by atoms with Gasteiger partial charge in [0, 0.05) is 26.2 Å². The van der Waals surface area contributed by atoms with Crippen molar-refractivity contribution >= 4 is 23.3 Å². The van der Waals surface area contributed by atoms with Gasteiger partial charge in [0.25, 0.3) is 0 Å². The number of amidine groups is 1. The molecule has 0 saturated carbocycles. The molecule has 5 nitrogen and oxygen atoms in total. The van der Waals surface area contributed by atoms with Crippen LogP contribution in [-0.4, -0.2) is 29.6 Å². The summed E-state index contributed by atoms with van der Waals surface area (Å²) in [6, 6.07) is 0.809. The van der Waals surface area contributed by atoms with Gasteiger partial charge in [-0.3, -0.25) is 0 Å². The van der Waals surface area contributed by atoms with E-state index >= 15 is 0 Å². The molecule has 3 N–H and O–H groups in total. The van der Waals surface area contributed by atoms with Crippen molar-refractivity contribution in [3.63, 3.8) is 0 Å². The average Bonchev–Trinajstić information content (AvgIpc) is 2.34. The number of hydrogen-bond acceptors (Lipinski definition) is 4. The van der Waals surface area contributed by atoms with E-state index in [4.69, 9.17) is 22.5 Å². The molecular formula is C10H12ClF3N4O. The Morgan fingerprint density at radius 1 is 1.58 bits per heavy atom. The van der Waals surface area contributed by atoms with Crippen molar-refractivity contribution in [1.29, 1.82) is 0 Å². The van der Waals surface area contributed by atoms with Gasteiger partial charge in [0.05, 0.1) is 10.6 Å². The molecule has 9 heteroatoms. The summed E-state index contributed by atoms with van der Waals surface area (Å²) in [6.45, 7) is 0.300. The van der Waals surface area contributed by atoms with Crippen LogP contribution in [-0.2, 0) is 6.18 Å². The second kappa shape index (κ2) is 5.96. The van der Waals surface area contributed by atoms with Crippen molar-refractivity contribution in [2.45, 2.75) is 12.6 Å². The van der Waals surface area contributed by atoms with E-state index in [1.54, 1.807) is 7.05 Å². The topological polar surface area (TPSA) is 74.7 Å². The van der Waals surface area contributed by atoms with Crippen molar-refractivity contribution in [2.75, 3.05) is 18.5 Å². The Labute approximate surface area is 112 Å². The molecule has 106 valence electrons. The first kappa shape index (κ1) is 15.4. The summed E-state index contributed by atoms with van der Waals surface area (Å²) >= 11 is 5.76. The van der Waals surface area contributed by atoms with Crippen LogP contribution in [0.5, 0.6) is 0 Å². The van der Waals surface area contributed by atoms with E-state index in [-0.39, 0.29) is 23.1 Å². The van der Waals surface area contributed by atoms with E-state index < -0.39 is 11.7 Å². The Hall–Kier alpha value is -1.70. The fraction of sp³-hybridized carbons (Fsp3) is 0.400. The van der Waals surface area contributed by atoms with Gasteiger partial charge in [-0.05, 0) is 6.07 Å². The maximum Gasteiger partial charge on any atom is 0.417 e. The second-order valence-electron chi connectivity index (χ2n) is 3.79. The lowest BCUT2D eigenvalue weighted by Gasteiger charge is -2.19. The molecule has 1 heterocycles. The first-order valence-corrected chi connectivity index (χ1v) is 5.53. The summed E-state index contributed by atoms with van der Waals surface area (Å²) in [5, 5.41) is 11.1. The fourth-order valence-corrected chi connectivity index (χ4v) is 1.62. The second-order valence-corrected chi connectivity index (χ2v) is 4.20. The molecule has 1 aromatic heterocycles. The highest BCUT2D eigenvalue weighted by Gasteiger charge is 2.31. The first-order chi connectivity index (χ1) is 8.75. The number of pyridine rings is 1. The van der Waals surface area contributed by atoms with Crippen LogP contribution in [0.15, 0.2) is 17.4 Å². The summed E-state index contributed by atoms with van der Waals surface area (Å²) in [7, 11) is 1.59. The number of nitrogens with zero attached hydrogens (tertiary/aromatic N) is 3. The lowest BCUT2D eigenvalue weighted by Crippen LogP contribution is -2.25. The highest BCUT2D eigenvalue weighted by atomic mass is 35.5. The molecule has 0 spiro atoms. The molecule has 0 radical (unpaired) electrons. The smallest absolute Gasteiger partial charge is 0.409 e. The maximum absolute atomic E-state index is 12.4. The van der Waals surface area contributed by atoms with Crippen molar-refractivity contribution in [3.05, 3.63) is 22.8 Å². The van der Waals surface area contributed by atoms with E-state index in [1.165, 1.54) is 4.90 Å². The number of oxime groups is 1. The Bertz CT molecular complexity index is 478.